The molecule has 0 aliphatic carbocycles. The van der Waals surface area contributed by atoms with E-state index in [2.05, 4.69) is 15.9 Å². The molecule has 0 bridgehead atoms. The Labute approximate surface area is 111 Å². The summed E-state index contributed by atoms with van der Waals surface area (Å²) in [5.74, 6) is -0.790. The third-order valence-corrected chi connectivity index (χ3v) is 2.94. The quantitative estimate of drug-likeness (QED) is 0.927. The number of halogens is 3. The van der Waals surface area contributed by atoms with Crippen molar-refractivity contribution in [2.75, 3.05) is 0 Å². The summed E-state index contributed by atoms with van der Waals surface area (Å²) in [7, 11) is 0. The summed E-state index contributed by atoms with van der Waals surface area (Å²) in [5.41, 5.74) is 0.329. The highest BCUT2D eigenvalue weighted by Crippen LogP contribution is 2.30. The van der Waals surface area contributed by atoms with E-state index in [4.69, 9.17) is 9.84 Å². The van der Waals surface area contributed by atoms with Crippen LogP contribution in [-0.2, 0) is 6.61 Å². The predicted octanol–water partition coefficient (Wildman–Crippen LogP) is 4.01. The van der Waals surface area contributed by atoms with Crippen molar-refractivity contribution in [2.45, 2.75) is 6.61 Å². The maximum atomic E-state index is 13.6. The van der Waals surface area contributed by atoms with Crippen LogP contribution in [0.25, 0.3) is 0 Å². The molecule has 0 saturated heterocycles. The number of aliphatic hydroxyl groups excluding tert-OH is 1. The van der Waals surface area contributed by atoms with E-state index < -0.39 is 11.6 Å². The van der Waals surface area contributed by atoms with E-state index in [0.29, 0.717) is 5.56 Å². The fraction of sp³-hybridized carbons (Fsp3) is 0.0769. The lowest BCUT2D eigenvalue weighted by Crippen LogP contribution is -1.95. The molecule has 94 valence electrons. The Bertz CT molecular complexity index is 573. The summed E-state index contributed by atoms with van der Waals surface area (Å²) in [5, 5.41) is 9.10. The van der Waals surface area contributed by atoms with E-state index in [-0.39, 0.29) is 22.6 Å². The summed E-state index contributed by atoms with van der Waals surface area (Å²) < 4.78 is 32.2. The van der Waals surface area contributed by atoms with Gasteiger partial charge >= 0.3 is 0 Å². The second-order valence-corrected chi connectivity index (χ2v) is 4.42. The summed E-state index contributed by atoms with van der Waals surface area (Å²) in [6.07, 6.45) is 0. The number of benzene rings is 2. The normalized spacial score (nSPS) is 10.4. The zero-order chi connectivity index (χ0) is 13.1. The summed E-state index contributed by atoms with van der Waals surface area (Å²) in [6.45, 7) is -0.338. The maximum Gasteiger partial charge on any atom is 0.168 e. The summed E-state index contributed by atoms with van der Waals surface area (Å²) in [4.78, 5) is 0. The third-order valence-electron chi connectivity index (χ3n) is 2.33. The number of rotatable bonds is 3. The zero-order valence-corrected chi connectivity index (χ0v) is 10.7. The molecule has 1 N–H and O–H groups in total. The van der Waals surface area contributed by atoms with E-state index >= 15 is 0 Å². The Morgan fingerprint density at radius 2 is 1.89 bits per heavy atom. The van der Waals surface area contributed by atoms with Crippen LogP contribution in [0, 0.1) is 11.6 Å². The van der Waals surface area contributed by atoms with Gasteiger partial charge in [-0.25, -0.2) is 8.78 Å². The SMILES string of the molecule is OCc1cccc(F)c1Oc1ccc(F)c(Br)c1. The number of aliphatic hydroxyl groups is 1. The lowest BCUT2D eigenvalue weighted by molar-refractivity contribution is 0.274. The van der Waals surface area contributed by atoms with Gasteiger partial charge in [0.1, 0.15) is 11.6 Å². The molecule has 0 radical (unpaired) electrons. The molecule has 0 amide bonds. The van der Waals surface area contributed by atoms with Crippen LogP contribution in [-0.4, -0.2) is 5.11 Å². The van der Waals surface area contributed by atoms with E-state index in [1.807, 2.05) is 0 Å². The van der Waals surface area contributed by atoms with Crippen LogP contribution in [0.2, 0.25) is 0 Å². The van der Waals surface area contributed by atoms with Gasteiger partial charge in [-0.1, -0.05) is 12.1 Å². The minimum atomic E-state index is -0.581. The van der Waals surface area contributed by atoms with E-state index in [9.17, 15) is 8.78 Å². The highest BCUT2D eigenvalue weighted by atomic mass is 79.9. The smallest absolute Gasteiger partial charge is 0.168 e. The van der Waals surface area contributed by atoms with E-state index in [1.165, 1.54) is 30.3 Å². The van der Waals surface area contributed by atoms with Gasteiger partial charge in [0, 0.05) is 5.56 Å². The van der Waals surface area contributed by atoms with Gasteiger partial charge in [0.2, 0.25) is 0 Å². The monoisotopic (exact) mass is 314 g/mol. The number of para-hydroxylation sites is 1. The molecule has 0 fully saturated rings. The molecule has 0 unspecified atom stereocenters. The van der Waals surface area contributed by atoms with Crippen molar-refractivity contribution in [3.63, 3.8) is 0 Å². The Kier molecular flexibility index (Phi) is 3.93. The molecule has 0 atom stereocenters. The van der Waals surface area contributed by atoms with Gasteiger partial charge in [-0.2, -0.15) is 0 Å². The van der Waals surface area contributed by atoms with Crippen LogP contribution < -0.4 is 4.74 Å². The first kappa shape index (κ1) is 13.0. The zero-order valence-electron chi connectivity index (χ0n) is 9.16. The molecule has 0 aliphatic heterocycles. The highest BCUT2D eigenvalue weighted by Gasteiger charge is 2.11. The van der Waals surface area contributed by atoms with E-state index in [1.54, 1.807) is 6.07 Å². The van der Waals surface area contributed by atoms with Gasteiger partial charge < -0.3 is 9.84 Å². The molecule has 0 saturated carbocycles. The molecule has 2 aromatic rings. The second-order valence-electron chi connectivity index (χ2n) is 3.56. The fourth-order valence-electron chi connectivity index (χ4n) is 1.45. The molecule has 2 nitrogen and oxygen atoms in total. The molecular weight excluding hydrogens is 306 g/mol. The van der Waals surface area contributed by atoms with E-state index in [0.717, 1.165) is 0 Å². The minimum Gasteiger partial charge on any atom is -0.454 e. The molecule has 18 heavy (non-hydrogen) atoms. The Morgan fingerprint density at radius 3 is 2.56 bits per heavy atom. The summed E-state index contributed by atoms with van der Waals surface area (Å²) in [6, 6.07) is 8.24. The topological polar surface area (TPSA) is 29.5 Å². The number of ether oxygens (including phenoxy) is 1. The Morgan fingerprint density at radius 1 is 1.11 bits per heavy atom. The average molecular weight is 315 g/mol. The van der Waals surface area contributed by atoms with Crippen molar-refractivity contribution in [2.24, 2.45) is 0 Å². The van der Waals surface area contributed by atoms with Crippen LogP contribution >= 0.6 is 15.9 Å². The average Bonchev–Trinajstić information content (AvgIpc) is 2.36. The standard InChI is InChI=1S/C13H9BrF2O2/c14-10-6-9(4-5-11(10)15)18-13-8(7-17)2-1-3-12(13)16/h1-6,17H,7H2. The lowest BCUT2D eigenvalue weighted by atomic mass is 10.2. The highest BCUT2D eigenvalue weighted by molar-refractivity contribution is 9.10. The first-order valence-corrected chi connectivity index (χ1v) is 5.92. The fourth-order valence-corrected chi connectivity index (χ4v) is 1.81. The third kappa shape index (κ3) is 2.68. The van der Waals surface area contributed by atoms with Crippen LogP contribution in [0.3, 0.4) is 0 Å². The van der Waals surface area contributed by atoms with Gasteiger partial charge in [0.25, 0.3) is 0 Å². The summed E-state index contributed by atoms with van der Waals surface area (Å²) >= 11 is 3.02. The van der Waals surface area contributed by atoms with Crippen molar-refractivity contribution in [1.82, 2.24) is 0 Å². The van der Waals surface area contributed by atoms with Crippen molar-refractivity contribution in [3.8, 4) is 11.5 Å². The number of hydrogen-bond acceptors (Lipinski definition) is 2. The predicted molar refractivity (Wildman–Crippen MR) is 66.5 cm³/mol. The first-order valence-electron chi connectivity index (χ1n) is 5.13. The molecule has 0 spiro atoms. The minimum absolute atomic E-state index is 0.0569. The largest absolute Gasteiger partial charge is 0.454 e. The molecule has 0 aliphatic rings. The van der Waals surface area contributed by atoms with Crippen LogP contribution in [0.15, 0.2) is 40.9 Å². The van der Waals surface area contributed by atoms with Gasteiger partial charge in [0.05, 0.1) is 11.1 Å². The van der Waals surface area contributed by atoms with Crippen molar-refractivity contribution >= 4 is 15.9 Å². The van der Waals surface area contributed by atoms with Crippen molar-refractivity contribution in [1.29, 1.82) is 0 Å². The van der Waals surface area contributed by atoms with Crippen molar-refractivity contribution in [3.05, 3.63) is 58.1 Å². The maximum absolute atomic E-state index is 13.6. The van der Waals surface area contributed by atoms with Crippen LogP contribution in [0.1, 0.15) is 5.56 Å². The van der Waals surface area contributed by atoms with Crippen molar-refractivity contribution < 1.29 is 18.6 Å². The second kappa shape index (κ2) is 5.46. The van der Waals surface area contributed by atoms with Crippen LogP contribution in [0.4, 0.5) is 8.78 Å². The van der Waals surface area contributed by atoms with Gasteiger partial charge in [-0.05, 0) is 40.2 Å². The Balaban J connectivity index is 2.36. The van der Waals surface area contributed by atoms with Crippen LogP contribution in [0.5, 0.6) is 11.5 Å². The molecule has 2 aromatic carbocycles. The lowest BCUT2D eigenvalue weighted by Gasteiger charge is -2.11. The molecule has 0 aromatic heterocycles. The van der Waals surface area contributed by atoms with Gasteiger partial charge in [-0.15, -0.1) is 0 Å². The Hall–Kier alpha value is -1.46. The molecule has 2 rings (SSSR count). The van der Waals surface area contributed by atoms with Gasteiger partial charge in [0.15, 0.2) is 11.6 Å². The molecular formula is C13H9BrF2O2. The van der Waals surface area contributed by atoms with Gasteiger partial charge in [-0.3, -0.25) is 0 Å². The molecule has 0 heterocycles. The number of hydrogen-bond donors (Lipinski definition) is 1. The molecule has 5 heteroatoms. The first-order chi connectivity index (χ1) is 8.61.